The molecule has 108 valence electrons. The molecule has 2 heterocycles. The second-order valence-corrected chi connectivity index (χ2v) is 5.69. The molecule has 1 aromatic rings. The Morgan fingerprint density at radius 3 is 2.85 bits per heavy atom. The van der Waals surface area contributed by atoms with Crippen molar-refractivity contribution in [2.24, 2.45) is 0 Å². The third-order valence-corrected chi connectivity index (χ3v) is 4.00. The summed E-state index contributed by atoms with van der Waals surface area (Å²) < 4.78 is 5.40. The van der Waals surface area contributed by atoms with Gasteiger partial charge in [-0.05, 0) is 31.4 Å². The smallest absolute Gasteiger partial charge is 0.111 e. The van der Waals surface area contributed by atoms with Gasteiger partial charge in [0.2, 0.25) is 0 Å². The summed E-state index contributed by atoms with van der Waals surface area (Å²) in [5.41, 5.74) is 6.04. The summed E-state index contributed by atoms with van der Waals surface area (Å²) in [7, 11) is 2.09. The van der Waals surface area contributed by atoms with E-state index in [-0.39, 0.29) is 6.04 Å². The lowest BCUT2D eigenvalue weighted by molar-refractivity contribution is 0.0792. The van der Waals surface area contributed by atoms with Crippen LogP contribution in [0.25, 0.3) is 0 Å². The lowest BCUT2D eigenvalue weighted by Crippen LogP contribution is -2.40. The fraction of sp³-hybridized carbons (Fsp3) is 0.500. The Labute approximate surface area is 120 Å². The first-order valence-corrected chi connectivity index (χ1v) is 7.34. The van der Waals surface area contributed by atoms with Crippen LogP contribution in [0.5, 0.6) is 0 Å². The Morgan fingerprint density at radius 1 is 1.30 bits per heavy atom. The molecule has 1 aromatic carbocycles. The molecule has 0 amide bonds. The molecule has 1 atom stereocenters. The Bertz CT molecular complexity index is 494. The quantitative estimate of drug-likeness (QED) is 0.884. The third-order valence-electron chi connectivity index (χ3n) is 4.00. The Hall–Kier alpha value is -1.52. The maximum absolute atomic E-state index is 5.40. The molecule has 0 aromatic heterocycles. The van der Waals surface area contributed by atoms with Crippen molar-refractivity contribution in [3.05, 3.63) is 47.3 Å². The van der Waals surface area contributed by atoms with Crippen LogP contribution >= 0.6 is 0 Å². The first-order valence-electron chi connectivity index (χ1n) is 7.34. The van der Waals surface area contributed by atoms with Crippen molar-refractivity contribution in [1.29, 1.82) is 0 Å². The van der Waals surface area contributed by atoms with Gasteiger partial charge in [0, 0.05) is 26.3 Å². The number of likely N-dealkylation sites (N-methyl/N-ethyl adjacent to an activating group) is 1. The zero-order valence-corrected chi connectivity index (χ0v) is 12.2. The van der Waals surface area contributed by atoms with E-state index in [0.717, 1.165) is 31.9 Å². The predicted molar refractivity (Wildman–Crippen MR) is 79.9 cm³/mol. The minimum absolute atomic E-state index is 0.289. The van der Waals surface area contributed by atoms with Gasteiger partial charge in [-0.2, -0.15) is 0 Å². The number of nitrogens with one attached hydrogen (secondary N) is 2. The van der Waals surface area contributed by atoms with Gasteiger partial charge in [0.25, 0.3) is 0 Å². The number of hydrazine groups is 1. The molecule has 0 aliphatic carbocycles. The van der Waals surface area contributed by atoms with Crippen LogP contribution in [-0.2, 0) is 4.74 Å². The van der Waals surface area contributed by atoms with Gasteiger partial charge in [-0.25, -0.2) is 5.01 Å². The topological polar surface area (TPSA) is 36.5 Å². The van der Waals surface area contributed by atoms with Gasteiger partial charge in [-0.15, -0.1) is 0 Å². The van der Waals surface area contributed by atoms with E-state index < -0.39 is 0 Å². The monoisotopic (exact) mass is 273 g/mol. The molecule has 2 N–H and O–H groups in total. The summed E-state index contributed by atoms with van der Waals surface area (Å²) in [4.78, 5) is 0. The third kappa shape index (κ3) is 2.97. The van der Waals surface area contributed by atoms with Crippen LogP contribution in [0.1, 0.15) is 30.0 Å². The number of nitrogens with zero attached hydrogens (tertiary/aromatic N) is 1. The average Bonchev–Trinajstić information content (AvgIpc) is 2.81. The summed E-state index contributed by atoms with van der Waals surface area (Å²) in [6, 6.07) is 9.50. The van der Waals surface area contributed by atoms with Crippen molar-refractivity contribution < 1.29 is 4.74 Å². The van der Waals surface area contributed by atoms with Gasteiger partial charge in [0.05, 0.1) is 6.04 Å². The van der Waals surface area contributed by atoms with E-state index in [0.29, 0.717) is 6.04 Å². The Morgan fingerprint density at radius 2 is 2.10 bits per heavy atom. The second-order valence-electron chi connectivity index (χ2n) is 5.69. The minimum atomic E-state index is 0.289. The minimum Gasteiger partial charge on any atom is -0.381 e. The predicted octanol–water partition coefficient (Wildman–Crippen LogP) is 2.10. The van der Waals surface area contributed by atoms with Crippen LogP contribution in [0.3, 0.4) is 0 Å². The molecule has 0 bridgehead atoms. The molecular weight excluding hydrogens is 250 g/mol. The average molecular weight is 273 g/mol. The van der Waals surface area contributed by atoms with E-state index in [9.17, 15) is 0 Å². The normalized spacial score (nSPS) is 24.3. The molecule has 2 aliphatic heterocycles. The highest BCUT2D eigenvalue weighted by Gasteiger charge is 2.24. The summed E-state index contributed by atoms with van der Waals surface area (Å²) in [5, 5.41) is 5.74. The lowest BCUT2D eigenvalue weighted by Gasteiger charge is -2.25. The molecule has 3 rings (SSSR count). The molecule has 0 spiro atoms. The van der Waals surface area contributed by atoms with Crippen molar-refractivity contribution in [3.8, 4) is 0 Å². The maximum atomic E-state index is 5.40. The van der Waals surface area contributed by atoms with Crippen LogP contribution < -0.4 is 10.7 Å². The molecule has 1 fully saturated rings. The number of aryl methyl sites for hydroxylation is 1. The van der Waals surface area contributed by atoms with Gasteiger partial charge in [0.1, 0.15) is 5.82 Å². The van der Waals surface area contributed by atoms with Crippen LogP contribution in [0.4, 0.5) is 0 Å². The second kappa shape index (κ2) is 5.85. The van der Waals surface area contributed by atoms with Gasteiger partial charge < -0.3 is 15.5 Å². The number of hydrogen-bond donors (Lipinski definition) is 2. The van der Waals surface area contributed by atoms with Crippen molar-refractivity contribution in [1.82, 2.24) is 15.8 Å². The van der Waals surface area contributed by atoms with Crippen LogP contribution in [0, 0.1) is 6.92 Å². The summed E-state index contributed by atoms with van der Waals surface area (Å²) in [6.45, 7) is 3.86. The van der Waals surface area contributed by atoms with Gasteiger partial charge in [-0.1, -0.05) is 29.8 Å². The van der Waals surface area contributed by atoms with Crippen molar-refractivity contribution in [2.45, 2.75) is 31.8 Å². The van der Waals surface area contributed by atoms with Crippen LogP contribution in [0.15, 0.2) is 36.2 Å². The number of benzene rings is 1. The highest BCUT2D eigenvalue weighted by molar-refractivity contribution is 5.30. The maximum Gasteiger partial charge on any atom is 0.111 e. The summed E-state index contributed by atoms with van der Waals surface area (Å²) in [5.74, 6) is 1.12. The lowest BCUT2D eigenvalue weighted by atomic mass is 10.0. The first-order chi connectivity index (χ1) is 9.72. The van der Waals surface area contributed by atoms with Crippen molar-refractivity contribution in [3.63, 3.8) is 0 Å². The molecule has 1 unspecified atom stereocenters. The van der Waals surface area contributed by atoms with Gasteiger partial charge in [0.15, 0.2) is 0 Å². The van der Waals surface area contributed by atoms with E-state index >= 15 is 0 Å². The SMILES string of the molecule is Cc1cccc(C2C=C(NC3CCOCC3)NN2C)c1. The van der Waals surface area contributed by atoms with E-state index in [1.54, 1.807) is 0 Å². The van der Waals surface area contributed by atoms with E-state index in [1.807, 2.05) is 0 Å². The number of rotatable bonds is 3. The van der Waals surface area contributed by atoms with Gasteiger partial charge >= 0.3 is 0 Å². The molecule has 20 heavy (non-hydrogen) atoms. The Kier molecular flexibility index (Phi) is 3.94. The fourth-order valence-electron chi connectivity index (χ4n) is 2.88. The zero-order valence-electron chi connectivity index (χ0n) is 12.2. The van der Waals surface area contributed by atoms with E-state index in [2.05, 4.69) is 60.1 Å². The standard InChI is InChI=1S/C16H23N3O/c1-12-4-3-5-13(10-12)15-11-16(18-19(15)2)17-14-6-8-20-9-7-14/h3-5,10-11,14-15,17-18H,6-9H2,1-2H3. The van der Waals surface area contributed by atoms with Crippen LogP contribution in [-0.4, -0.2) is 31.3 Å². The molecule has 2 aliphatic rings. The van der Waals surface area contributed by atoms with Gasteiger partial charge in [-0.3, -0.25) is 0 Å². The highest BCUT2D eigenvalue weighted by Crippen LogP contribution is 2.26. The summed E-state index contributed by atoms with van der Waals surface area (Å²) in [6.07, 6.45) is 4.43. The fourth-order valence-corrected chi connectivity index (χ4v) is 2.88. The van der Waals surface area contributed by atoms with Crippen molar-refractivity contribution in [2.75, 3.05) is 20.3 Å². The number of hydrogen-bond acceptors (Lipinski definition) is 4. The molecule has 4 heteroatoms. The first kappa shape index (κ1) is 13.5. The summed E-state index contributed by atoms with van der Waals surface area (Å²) >= 11 is 0. The van der Waals surface area contributed by atoms with E-state index in [4.69, 9.17) is 4.74 Å². The molecule has 1 saturated heterocycles. The molecule has 0 saturated carbocycles. The molecule has 0 radical (unpaired) electrons. The molecule has 4 nitrogen and oxygen atoms in total. The largest absolute Gasteiger partial charge is 0.381 e. The van der Waals surface area contributed by atoms with E-state index in [1.165, 1.54) is 11.1 Å². The zero-order chi connectivity index (χ0) is 13.9. The van der Waals surface area contributed by atoms with Crippen LogP contribution in [0.2, 0.25) is 0 Å². The van der Waals surface area contributed by atoms with Crippen molar-refractivity contribution >= 4 is 0 Å². The molecular formula is C16H23N3O. The Balaban J connectivity index is 1.69. The number of ether oxygens (including phenoxy) is 1. The highest BCUT2D eigenvalue weighted by atomic mass is 16.5.